The summed E-state index contributed by atoms with van der Waals surface area (Å²) in [6.45, 7) is 5.56. The molecule has 4 heteroatoms. The van der Waals surface area contributed by atoms with Gasteiger partial charge in [-0.25, -0.2) is 4.79 Å². The molecule has 1 aromatic rings. The van der Waals surface area contributed by atoms with Crippen LogP contribution in [0, 0.1) is 0 Å². The van der Waals surface area contributed by atoms with Crippen LogP contribution in [0.5, 0.6) is 0 Å². The monoisotopic (exact) mass is 287 g/mol. The molecule has 0 bridgehead atoms. The van der Waals surface area contributed by atoms with Gasteiger partial charge in [-0.2, -0.15) is 0 Å². The molecule has 0 N–H and O–H groups in total. The maximum absolute atomic E-state index is 12.4. The van der Waals surface area contributed by atoms with E-state index in [9.17, 15) is 9.59 Å². The zero-order valence-corrected chi connectivity index (χ0v) is 12.6. The highest BCUT2D eigenvalue weighted by Crippen LogP contribution is 2.36. The lowest BCUT2D eigenvalue weighted by Crippen LogP contribution is -2.50. The third-order valence-electron chi connectivity index (χ3n) is 4.70. The molecule has 1 spiro atoms. The summed E-state index contributed by atoms with van der Waals surface area (Å²) in [5.74, 6) is 0.188. The highest BCUT2D eigenvalue weighted by atomic mass is 16.6. The lowest BCUT2D eigenvalue weighted by Gasteiger charge is -2.42. The number of rotatable bonds is 2. The van der Waals surface area contributed by atoms with Crippen molar-refractivity contribution in [1.82, 2.24) is 4.90 Å². The molecule has 1 saturated heterocycles. The van der Waals surface area contributed by atoms with Crippen LogP contribution in [-0.2, 0) is 16.0 Å². The summed E-state index contributed by atoms with van der Waals surface area (Å²) in [5.41, 5.74) is 2.54. The molecule has 4 nitrogen and oxygen atoms in total. The van der Waals surface area contributed by atoms with Crippen LogP contribution in [0.4, 0.5) is 0 Å². The van der Waals surface area contributed by atoms with Gasteiger partial charge < -0.3 is 9.64 Å². The molecule has 112 valence electrons. The Labute approximate surface area is 125 Å². The minimum absolute atomic E-state index is 0.210. The fourth-order valence-corrected chi connectivity index (χ4v) is 3.25. The van der Waals surface area contributed by atoms with E-state index >= 15 is 0 Å². The van der Waals surface area contributed by atoms with Crippen LogP contribution in [0.25, 0.3) is 0 Å². The van der Waals surface area contributed by atoms with Gasteiger partial charge in [-0.15, -0.1) is 0 Å². The van der Waals surface area contributed by atoms with Gasteiger partial charge in [-0.1, -0.05) is 26.0 Å². The Morgan fingerprint density at radius 2 is 2.00 bits per heavy atom. The van der Waals surface area contributed by atoms with Gasteiger partial charge in [0, 0.05) is 32.4 Å². The zero-order chi connectivity index (χ0) is 15.0. The number of carbonyl (C=O) groups excluding carboxylic acids is 2. The van der Waals surface area contributed by atoms with Crippen molar-refractivity contribution in [3.8, 4) is 0 Å². The molecular formula is C17H21NO3. The van der Waals surface area contributed by atoms with Crippen molar-refractivity contribution in [3.05, 3.63) is 34.9 Å². The molecule has 21 heavy (non-hydrogen) atoms. The molecule has 1 aromatic carbocycles. The van der Waals surface area contributed by atoms with Gasteiger partial charge in [0.15, 0.2) is 0 Å². The molecule has 2 aliphatic rings. The third kappa shape index (κ3) is 2.55. The summed E-state index contributed by atoms with van der Waals surface area (Å²) in [6.07, 6.45) is 3.09. The number of benzene rings is 1. The SMILES string of the molecule is CC(C)c1ccc2c(c1)C(=O)OC1(CCN(C=O)CC1)C2. The number of carbonyl (C=O) groups is 2. The molecule has 1 amide bonds. The topological polar surface area (TPSA) is 46.6 Å². The molecule has 0 radical (unpaired) electrons. The second-order valence-corrected chi connectivity index (χ2v) is 6.46. The number of likely N-dealkylation sites (tertiary alicyclic amines) is 1. The van der Waals surface area contributed by atoms with Gasteiger partial charge in [0.05, 0.1) is 5.56 Å². The third-order valence-corrected chi connectivity index (χ3v) is 4.70. The van der Waals surface area contributed by atoms with Crippen LogP contribution in [0.1, 0.15) is 54.1 Å². The van der Waals surface area contributed by atoms with Gasteiger partial charge >= 0.3 is 5.97 Å². The Bertz CT molecular complexity index is 571. The molecule has 0 unspecified atom stereocenters. The average Bonchev–Trinajstić information content (AvgIpc) is 2.47. The normalized spacial score (nSPS) is 20.3. The van der Waals surface area contributed by atoms with Gasteiger partial charge in [0.2, 0.25) is 6.41 Å². The summed E-state index contributed by atoms with van der Waals surface area (Å²) in [7, 11) is 0. The first-order chi connectivity index (χ1) is 10.0. The Hall–Kier alpha value is -1.84. The molecule has 2 aliphatic heterocycles. The maximum Gasteiger partial charge on any atom is 0.338 e. The quantitative estimate of drug-likeness (QED) is 0.620. The highest BCUT2D eigenvalue weighted by molar-refractivity contribution is 5.92. The van der Waals surface area contributed by atoms with Crippen molar-refractivity contribution in [1.29, 1.82) is 0 Å². The van der Waals surface area contributed by atoms with Gasteiger partial charge in [-0.3, -0.25) is 4.79 Å². The van der Waals surface area contributed by atoms with E-state index in [-0.39, 0.29) is 5.97 Å². The number of fused-ring (bicyclic) bond motifs is 1. The standard InChI is InChI=1S/C17H21NO3/c1-12(2)13-3-4-14-10-17(21-16(20)15(14)9-13)5-7-18(11-19)8-6-17/h3-4,9,11-12H,5-8,10H2,1-2H3. The fraction of sp³-hybridized carbons (Fsp3) is 0.529. The van der Waals surface area contributed by atoms with Gasteiger partial charge in [0.1, 0.15) is 5.60 Å². The van der Waals surface area contributed by atoms with Crippen LogP contribution in [0.2, 0.25) is 0 Å². The summed E-state index contributed by atoms with van der Waals surface area (Å²) in [5, 5.41) is 0. The minimum atomic E-state index is -0.414. The molecule has 0 aliphatic carbocycles. The summed E-state index contributed by atoms with van der Waals surface area (Å²) < 4.78 is 5.79. The number of esters is 1. The molecule has 2 heterocycles. The van der Waals surface area contributed by atoms with E-state index in [0.717, 1.165) is 36.8 Å². The second-order valence-electron chi connectivity index (χ2n) is 6.46. The Balaban J connectivity index is 1.86. The first-order valence-electron chi connectivity index (χ1n) is 7.58. The lowest BCUT2D eigenvalue weighted by atomic mass is 9.81. The summed E-state index contributed by atoms with van der Waals surface area (Å²) >= 11 is 0. The van der Waals surface area contributed by atoms with Crippen LogP contribution >= 0.6 is 0 Å². The molecule has 0 atom stereocenters. The van der Waals surface area contributed by atoms with Crippen LogP contribution < -0.4 is 0 Å². The minimum Gasteiger partial charge on any atom is -0.455 e. The van der Waals surface area contributed by atoms with E-state index in [0.29, 0.717) is 24.6 Å². The predicted molar refractivity (Wildman–Crippen MR) is 79.3 cm³/mol. The van der Waals surface area contributed by atoms with Crippen LogP contribution in [-0.4, -0.2) is 36.0 Å². The molecule has 0 saturated carbocycles. The Morgan fingerprint density at radius 3 is 2.62 bits per heavy atom. The smallest absolute Gasteiger partial charge is 0.338 e. The number of hydrogen-bond acceptors (Lipinski definition) is 3. The Morgan fingerprint density at radius 1 is 1.29 bits per heavy atom. The van der Waals surface area contributed by atoms with Crippen molar-refractivity contribution < 1.29 is 14.3 Å². The van der Waals surface area contributed by atoms with E-state index in [2.05, 4.69) is 26.0 Å². The van der Waals surface area contributed by atoms with Crippen LogP contribution in [0.3, 0.4) is 0 Å². The van der Waals surface area contributed by atoms with E-state index in [1.54, 1.807) is 4.90 Å². The average molecular weight is 287 g/mol. The first kappa shape index (κ1) is 14.1. The molecule has 0 aromatic heterocycles. The maximum atomic E-state index is 12.4. The first-order valence-corrected chi connectivity index (χ1v) is 7.58. The van der Waals surface area contributed by atoms with Crippen molar-refractivity contribution in [3.63, 3.8) is 0 Å². The second kappa shape index (κ2) is 5.17. The van der Waals surface area contributed by atoms with E-state index in [1.165, 1.54) is 0 Å². The molecule has 1 fully saturated rings. The molecular weight excluding hydrogens is 266 g/mol. The van der Waals surface area contributed by atoms with E-state index in [4.69, 9.17) is 4.74 Å². The van der Waals surface area contributed by atoms with Crippen molar-refractivity contribution in [2.45, 2.75) is 44.6 Å². The van der Waals surface area contributed by atoms with E-state index in [1.807, 2.05) is 6.07 Å². The van der Waals surface area contributed by atoms with E-state index < -0.39 is 5.60 Å². The summed E-state index contributed by atoms with van der Waals surface area (Å²) in [6, 6.07) is 6.14. The largest absolute Gasteiger partial charge is 0.455 e. The van der Waals surface area contributed by atoms with Crippen LogP contribution in [0.15, 0.2) is 18.2 Å². The Kier molecular flexibility index (Phi) is 3.47. The number of hydrogen-bond donors (Lipinski definition) is 0. The fourth-order valence-electron chi connectivity index (χ4n) is 3.25. The van der Waals surface area contributed by atoms with Crippen molar-refractivity contribution in [2.24, 2.45) is 0 Å². The number of amides is 1. The number of ether oxygens (including phenoxy) is 1. The van der Waals surface area contributed by atoms with Crippen molar-refractivity contribution >= 4 is 12.4 Å². The summed E-state index contributed by atoms with van der Waals surface area (Å²) in [4.78, 5) is 24.9. The number of piperidine rings is 1. The number of nitrogens with zero attached hydrogens (tertiary/aromatic N) is 1. The zero-order valence-electron chi connectivity index (χ0n) is 12.6. The van der Waals surface area contributed by atoms with Gasteiger partial charge in [0.25, 0.3) is 0 Å². The molecule has 3 rings (SSSR count). The van der Waals surface area contributed by atoms with Gasteiger partial charge in [-0.05, 0) is 23.1 Å². The predicted octanol–water partition coefficient (Wildman–Crippen LogP) is 2.51. The highest BCUT2D eigenvalue weighted by Gasteiger charge is 2.42. The van der Waals surface area contributed by atoms with Crippen molar-refractivity contribution in [2.75, 3.05) is 13.1 Å². The lowest BCUT2D eigenvalue weighted by molar-refractivity contribution is -0.122.